The molecule has 3 N–H and O–H groups in total. The van der Waals surface area contributed by atoms with E-state index in [0.29, 0.717) is 11.3 Å². The molecule has 4 rings (SSSR count). The number of alkyl halides is 2. The van der Waals surface area contributed by atoms with Crippen molar-refractivity contribution in [2.45, 2.75) is 32.1 Å². The Labute approximate surface area is 136 Å². The van der Waals surface area contributed by atoms with E-state index in [4.69, 9.17) is 5.73 Å². The summed E-state index contributed by atoms with van der Waals surface area (Å²) in [6, 6.07) is 7.19. The number of benzene rings is 1. The number of carbonyl (C=O) groups excluding carboxylic acids is 1. The van der Waals surface area contributed by atoms with Crippen LogP contribution in [0.25, 0.3) is 10.9 Å². The molecule has 0 amide bonds. The summed E-state index contributed by atoms with van der Waals surface area (Å²) in [6.07, 6.45) is -0.605. The van der Waals surface area contributed by atoms with E-state index in [1.807, 2.05) is 19.1 Å². The van der Waals surface area contributed by atoms with Gasteiger partial charge in [-0.1, -0.05) is 6.07 Å². The number of anilines is 1. The van der Waals surface area contributed by atoms with Gasteiger partial charge in [0.1, 0.15) is 5.82 Å². The fourth-order valence-electron chi connectivity index (χ4n) is 3.30. The van der Waals surface area contributed by atoms with Crippen LogP contribution in [0.4, 0.5) is 14.6 Å². The van der Waals surface area contributed by atoms with Crippen LogP contribution in [0, 0.1) is 6.92 Å². The van der Waals surface area contributed by atoms with Crippen LogP contribution in [-0.2, 0) is 12.8 Å². The van der Waals surface area contributed by atoms with Crippen LogP contribution in [0.3, 0.4) is 0 Å². The van der Waals surface area contributed by atoms with Crippen LogP contribution in [-0.4, -0.2) is 26.6 Å². The van der Waals surface area contributed by atoms with Crippen molar-refractivity contribution in [3.8, 4) is 0 Å². The number of nitrogens with two attached hydrogens (primary N) is 1. The number of hydrogen-bond acceptors (Lipinski definition) is 3. The van der Waals surface area contributed by atoms with Crippen molar-refractivity contribution >= 4 is 22.6 Å². The molecule has 0 unspecified atom stereocenters. The van der Waals surface area contributed by atoms with E-state index in [1.165, 1.54) is 0 Å². The minimum absolute atomic E-state index is 0.0126. The molecule has 3 aromatic rings. The van der Waals surface area contributed by atoms with Crippen LogP contribution in [0.1, 0.15) is 33.7 Å². The Morgan fingerprint density at radius 3 is 3.00 bits per heavy atom. The largest absolute Gasteiger partial charge is 0.383 e. The number of halogens is 2. The molecule has 0 fully saturated rings. The van der Waals surface area contributed by atoms with Crippen molar-refractivity contribution in [2.75, 3.05) is 5.73 Å². The van der Waals surface area contributed by atoms with Gasteiger partial charge in [-0.05, 0) is 31.5 Å². The van der Waals surface area contributed by atoms with Crippen molar-refractivity contribution in [3.63, 3.8) is 0 Å². The third-order valence-electron chi connectivity index (χ3n) is 4.49. The minimum Gasteiger partial charge on any atom is -0.383 e. The summed E-state index contributed by atoms with van der Waals surface area (Å²) >= 11 is 0. The van der Waals surface area contributed by atoms with Crippen molar-refractivity contribution in [1.82, 2.24) is 14.8 Å². The minimum atomic E-state index is -2.80. The zero-order valence-corrected chi connectivity index (χ0v) is 13.1. The molecule has 7 heteroatoms. The van der Waals surface area contributed by atoms with E-state index in [-0.39, 0.29) is 24.2 Å². The van der Waals surface area contributed by atoms with Crippen molar-refractivity contribution in [2.24, 2.45) is 0 Å². The number of nitrogen functional groups attached to an aromatic ring is 1. The molecule has 1 aliphatic rings. The van der Waals surface area contributed by atoms with Crippen LogP contribution in [0.5, 0.6) is 0 Å². The summed E-state index contributed by atoms with van der Waals surface area (Å²) < 4.78 is 28.3. The number of rotatable bonds is 1. The van der Waals surface area contributed by atoms with Crippen LogP contribution >= 0.6 is 0 Å². The summed E-state index contributed by atoms with van der Waals surface area (Å²) in [7, 11) is 0. The van der Waals surface area contributed by atoms with E-state index in [0.717, 1.165) is 21.3 Å². The Kier molecular flexibility index (Phi) is 3.03. The van der Waals surface area contributed by atoms with Gasteiger partial charge >= 0.3 is 0 Å². The lowest BCUT2D eigenvalue weighted by atomic mass is 9.94. The third-order valence-corrected chi connectivity index (χ3v) is 4.49. The quantitative estimate of drug-likeness (QED) is 0.720. The molecule has 0 saturated heterocycles. The molecule has 0 atom stereocenters. The lowest BCUT2D eigenvalue weighted by Gasteiger charge is -2.20. The van der Waals surface area contributed by atoms with Crippen molar-refractivity contribution < 1.29 is 13.6 Å². The van der Waals surface area contributed by atoms with Gasteiger partial charge in [0.25, 0.3) is 11.8 Å². The van der Waals surface area contributed by atoms with Crippen LogP contribution in [0.2, 0.25) is 0 Å². The average molecular weight is 330 g/mol. The number of aryl methyl sites for hydroxylation is 2. The molecule has 5 nitrogen and oxygen atoms in total. The Morgan fingerprint density at radius 2 is 2.21 bits per heavy atom. The molecule has 1 aromatic carbocycles. The van der Waals surface area contributed by atoms with Gasteiger partial charge in [-0.25, -0.2) is 8.78 Å². The lowest BCUT2D eigenvalue weighted by molar-refractivity contribution is -0.0123. The fraction of sp³-hybridized carbons (Fsp3) is 0.294. The summed E-state index contributed by atoms with van der Waals surface area (Å²) in [4.78, 5) is 16.1. The predicted molar refractivity (Wildman–Crippen MR) is 86.4 cm³/mol. The van der Waals surface area contributed by atoms with Gasteiger partial charge in [-0.2, -0.15) is 9.78 Å². The smallest absolute Gasteiger partial charge is 0.280 e. The molecule has 24 heavy (non-hydrogen) atoms. The Balaban J connectivity index is 1.82. The average Bonchev–Trinajstić information content (AvgIpc) is 3.05. The number of nitrogens with one attached hydrogen (secondary N) is 1. The molecule has 0 spiro atoms. The maximum Gasteiger partial charge on any atom is 0.280 e. The van der Waals surface area contributed by atoms with E-state index in [2.05, 4.69) is 10.1 Å². The predicted octanol–water partition coefficient (Wildman–Crippen LogP) is 3.07. The zero-order valence-electron chi connectivity index (χ0n) is 13.1. The van der Waals surface area contributed by atoms with Crippen LogP contribution in [0.15, 0.2) is 24.3 Å². The molecular formula is C17H16F2N4O. The monoisotopic (exact) mass is 330 g/mol. The summed E-state index contributed by atoms with van der Waals surface area (Å²) in [5.74, 6) is -3.19. The van der Waals surface area contributed by atoms with Gasteiger partial charge in [0.2, 0.25) is 0 Å². The van der Waals surface area contributed by atoms with Gasteiger partial charge < -0.3 is 10.7 Å². The maximum atomic E-state index is 13.6. The second kappa shape index (κ2) is 4.90. The first-order valence-electron chi connectivity index (χ1n) is 7.73. The highest BCUT2D eigenvalue weighted by Crippen LogP contribution is 2.35. The molecular weight excluding hydrogens is 314 g/mol. The first-order chi connectivity index (χ1) is 11.4. The van der Waals surface area contributed by atoms with Gasteiger partial charge in [0.05, 0.1) is 11.3 Å². The highest BCUT2D eigenvalue weighted by molar-refractivity contribution is 6.08. The number of fused-ring (bicyclic) bond motifs is 2. The lowest BCUT2D eigenvalue weighted by Crippen LogP contribution is -2.25. The highest BCUT2D eigenvalue weighted by atomic mass is 19.3. The molecule has 124 valence electrons. The number of aromatic amines is 1. The molecule has 0 radical (unpaired) electrons. The first kappa shape index (κ1) is 14.9. The Bertz CT molecular complexity index is 971. The van der Waals surface area contributed by atoms with Crippen molar-refractivity contribution in [1.29, 1.82) is 0 Å². The van der Waals surface area contributed by atoms with Gasteiger partial charge in [0.15, 0.2) is 0 Å². The molecule has 2 heterocycles. The van der Waals surface area contributed by atoms with Gasteiger partial charge in [-0.3, -0.25) is 4.79 Å². The SMILES string of the molecule is Cc1cc2c(C(=O)n3nc4c(c3N)CC(F)(F)CC4)cccc2[nH]1. The topological polar surface area (TPSA) is 76.7 Å². The summed E-state index contributed by atoms with van der Waals surface area (Å²) in [5.41, 5.74) is 8.95. The van der Waals surface area contributed by atoms with E-state index < -0.39 is 18.3 Å². The van der Waals surface area contributed by atoms with Gasteiger partial charge in [-0.15, -0.1) is 0 Å². The molecule has 2 aromatic heterocycles. The van der Waals surface area contributed by atoms with Gasteiger partial charge in [0, 0.05) is 35.0 Å². The standard InChI is InChI=1S/C17H16F2N4O/c1-9-7-11-10(3-2-4-13(11)21-9)16(24)23-15(20)12-8-17(18,19)6-5-14(12)22-23/h2-4,7,21H,5-6,8,20H2,1H3. The van der Waals surface area contributed by atoms with E-state index in [9.17, 15) is 13.6 Å². The second-order valence-electron chi connectivity index (χ2n) is 6.28. The number of aromatic nitrogens is 3. The van der Waals surface area contributed by atoms with E-state index >= 15 is 0 Å². The normalized spacial score (nSPS) is 16.3. The highest BCUT2D eigenvalue weighted by Gasteiger charge is 2.38. The second-order valence-corrected chi connectivity index (χ2v) is 6.28. The van der Waals surface area contributed by atoms with Crippen LogP contribution < -0.4 is 5.73 Å². The molecule has 0 aliphatic heterocycles. The summed E-state index contributed by atoms with van der Waals surface area (Å²) in [5, 5.41) is 4.97. The number of hydrogen-bond donors (Lipinski definition) is 2. The molecule has 1 aliphatic carbocycles. The number of H-pyrrole nitrogens is 1. The molecule has 0 saturated carbocycles. The third kappa shape index (κ3) is 2.19. The first-order valence-corrected chi connectivity index (χ1v) is 7.73. The van der Waals surface area contributed by atoms with E-state index in [1.54, 1.807) is 12.1 Å². The maximum absolute atomic E-state index is 13.6. The Morgan fingerprint density at radius 1 is 1.42 bits per heavy atom. The number of nitrogens with zero attached hydrogens (tertiary/aromatic N) is 2. The Hall–Kier alpha value is -2.70. The van der Waals surface area contributed by atoms with Crippen molar-refractivity contribution in [3.05, 3.63) is 46.8 Å². The number of carbonyl (C=O) groups is 1. The summed E-state index contributed by atoms with van der Waals surface area (Å²) in [6.45, 7) is 1.90. The molecule has 0 bridgehead atoms. The fourth-order valence-corrected chi connectivity index (χ4v) is 3.30. The zero-order chi connectivity index (χ0) is 17.1.